The average Bonchev–Trinajstić information content (AvgIpc) is 3.26. The number of hydrogen-bond acceptors (Lipinski definition) is 3. The lowest BCUT2D eigenvalue weighted by Crippen LogP contribution is -2.14. The monoisotopic (exact) mass is 335 g/mol. The Hall–Kier alpha value is -2.82. The summed E-state index contributed by atoms with van der Waals surface area (Å²) in [4.78, 5) is 19.4. The van der Waals surface area contributed by atoms with Crippen LogP contribution in [0.5, 0.6) is 5.75 Å². The van der Waals surface area contributed by atoms with Gasteiger partial charge in [0.2, 0.25) is 0 Å². The molecule has 0 saturated heterocycles. The highest BCUT2D eigenvalue weighted by atomic mass is 16.5. The van der Waals surface area contributed by atoms with Crippen LogP contribution in [-0.2, 0) is 11.8 Å². The van der Waals surface area contributed by atoms with Gasteiger partial charge in [-0.1, -0.05) is 13.0 Å². The number of aromatic amines is 1. The minimum Gasteiger partial charge on any atom is -0.497 e. The maximum Gasteiger partial charge on any atom is 0.267 e. The van der Waals surface area contributed by atoms with E-state index in [1.54, 1.807) is 13.2 Å². The molecule has 128 valence electrons. The second-order valence-electron chi connectivity index (χ2n) is 7.01. The topological polar surface area (TPSA) is 81.0 Å². The fourth-order valence-corrected chi connectivity index (χ4v) is 3.39. The summed E-state index contributed by atoms with van der Waals surface area (Å²) in [7, 11) is 1.67. The predicted octanol–water partition coefficient (Wildman–Crippen LogP) is 3.31. The average molecular weight is 335 g/mol. The molecule has 25 heavy (non-hydrogen) atoms. The Labute approximate surface area is 146 Å². The summed E-state index contributed by atoms with van der Waals surface area (Å²) in [6, 6.07) is 11.5. The van der Waals surface area contributed by atoms with E-state index in [1.165, 1.54) is 29.5 Å². The van der Waals surface area contributed by atoms with Gasteiger partial charge in [0.25, 0.3) is 5.91 Å². The van der Waals surface area contributed by atoms with E-state index < -0.39 is 5.91 Å². The highest BCUT2D eigenvalue weighted by molar-refractivity contribution is 5.91. The summed E-state index contributed by atoms with van der Waals surface area (Å²) in [6.45, 7) is 2.28. The van der Waals surface area contributed by atoms with Crippen molar-refractivity contribution in [3.8, 4) is 5.75 Å². The summed E-state index contributed by atoms with van der Waals surface area (Å²) in [5.74, 6) is 0.335. The number of hydrogen-bond donors (Lipinski definition) is 2. The summed E-state index contributed by atoms with van der Waals surface area (Å²) in [5, 5.41) is 1.18. The molecule has 1 fully saturated rings. The smallest absolute Gasteiger partial charge is 0.267 e. The van der Waals surface area contributed by atoms with E-state index in [0.717, 1.165) is 17.0 Å². The van der Waals surface area contributed by atoms with Crippen LogP contribution in [-0.4, -0.2) is 23.0 Å². The zero-order valence-electron chi connectivity index (χ0n) is 14.4. The molecule has 0 radical (unpaired) electrons. The van der Waals surface area contributed by atoms with Gasteiger partial charge in [-0.25, -0.2) is 4.98 Å². The lowest BCUT2D eigenvalue weighted by Gasteiger charge is -2.11. The van der Waals surface area contributed by atoms with Gasteiger partial charge in [-0.05, 0) is 42.7 Å². The third-order valence-corrected chi connectivity index (χ3v) is 5.13. The number of H-pyrrole nitrogens is 1. The highest BCUT2D eigenvalue weighted by Crippen LogP contribution is 2.50. The van der Waals surface area contributed by atoms with Crippen LogP contribution in [0.3, 0.4) is 0 Å². The number of ether oxygens (including phenoxy) is 1. The second-order valence-corrected chi connectivity index (χ2v) is 7.01. The lowest BCUT2D eigenvalue weighted by atomic mass is 9.96. The standard InChI is InChI=1S/C20H21N3O2/c1-20(8-9-20)18-15(10-12-4-3-5-16(22-12)19(21)24)14-7-6-13(25-2)11-17(14)23-18/h3-7,11,23H,8-10H2,1-2H3,(H2,21,24). The normalized spacial score (nSPS) is 15.3. The van der Waals surface area contributed by atoms with Crippen LogP contribution in [0.4, 0.5) is 0 Å². The van der Waals surface area contributed by atoms with Gasteiger partial charge >= 0.3 is 0 Å². The maximum atomic E-state index is 11.4. The van der Waals surface area contributed by atoms with Crippen molar-refractivity contribution in [3.05, 3.63) is 59.0 Å². The first-order chi connectivity index (χ1) is 12.0. The Morgan fingerprint density at radius 3 is 2.80 bits per heavy atom. The van der Waals surface area contributed by atoms with Crippen molar-refractivity contribution in [1.29, 1.82) is 0 Å². The van der Waals surface area contributed by atoms with E-state index in [0.29, 0.717) is 12.1 Å². The van der Waals surface area contributed by atoms with Gasteiger partial charge in [0.05, 0.1) is 7.11 Å². The van der Waals surface area contributed by atoms with E-state index in [9.17, 15) is 4.79 Å². The molecule has 2 aromatic heterocycles. The van der Waals surface area contributed by atoms with E-state index in [1.807, 2.05) is 24.3 Å². The molecule has 1 aliphatic carbocycles. The predicted molar refractivity (Wildman–Crippen MR) is 97.0 cm³/mol. The zero-order chi connectivity index (χ0) is 17.6. The Morgan fingerprint density at radius 2 is 2.12 bits per heavy atom. The molecule has 0 aliphatic heterocycles. The number of methoxy groups -OCH3 is 1. The number of fused-ring (bicyclic) bond motifs is 1. The van der Waals surface area contributed by atoms with Crippen LogP contribution in [0.2, 0.25) is 0 Å². The SMILES string of the molecule is COc1ccc2c(Cc3cccc(C(N)=O)n3)c(C3(C)CC3)[nH]c2c1. The molecule has 2 heterocycles. The van der Waals surface area contributed by atoms with Gasteiger partial charge in [-0.3, -0.25) is 4.79 Å². The third-order valence-electron chi connectivity index (χ3n) is 5.13. The molecule has 0 bridgehead atoms. The first kappa shape index (κ1) is 15.7. The van der Waals surface area contributed by atoms with Gasteiger partial charge in [-0.2, -0.15) is 0 Å². The molecule has 5 heteroatoms. The number of pyridine rings is 1. The van der Waals surface area contributed by atoms with Crippen LogP contribution in [0.15, 0.2) is 36.4 Å². The number of primary amides is 1. The number of nitrogens with zero attached hydrogens (tertiary/aromatic N) is 1. The van der Waals surface area contributed by atoms with Crippen molar-refractivity contribution in [1.82, 2.24) is 9.97 Å². The maximum absolute atomic E-state index is 11.4. The molecule has 1 saturated carbocycles. The van der Waals surface area contributed by atoms with Crippen LogP contribution in [0.25, 0.3) is 10.9 Å². The quantitative estimate of drug-likeness (QED) is 0.750. The molecule has 5 nitrogen and oxygen atoms in total. The van der Waals surface area contributed by atoms with Crippen LogP contribution in [0.1, 0.15) is 47.2 Å². The molecular formula is C20H21N3O2. The number of aromatic nitrogens is 2. The van der Waals surface area contributed by atoms with Crippen molar-refractivity contribution < 1.29 is 9.53 Å². The molecule has 1 amide bonds. The fourth-order valence-electron chi connectivity index (χ4n) is 3.39. The van der Waals surface area contributed by atoms with Crippen molar-refractivity contribution in [3.63, 3.8) is 0 Å². The van der Waals surface area contributed by atoms with Gasteiger partial charge in [0.1, 0.15) is 11.4 Å². The van der Waals surface area contributed by atoms with Crippen molar-refractivity contribution in [2.24, 2.45) is 5.73 Å². The Balaban J connectivity index is 1.82. The molecule has 3 aromatic rings. The van der Waals surface area contributed by atoms with Crippen molar-refractivity contribution >= 4 is 16.8 Å². The van der Waals surface area contributed by atoms with Crippen LogP contribution in [0, 0.1) is 0 Å². The van der Waals surface area contributed by atoms with Gasteiger partial charge < -0.3 is 15.5 Å². The molecule has 0 spiro atoms. The highest BCUT2D eigenvalue weighted by Gasteiger charge is 2.42. The Morgan fingerprint density at radius 1 is 1.32 bits per heavy atom. The number of carbonyl (C=O) groups excluding carboxylic acids is 1. The van der Waals surface area contributed by atoms with E-state index >= 15 is 0 Å². The minimum absolute atomic E-state index is 0.197. The van der Waals surface area contributed by atoms with E-state index in [2.05, 4.69) is 23.0 Å². The number of nitrogens with two attached hydrogens (primary N) is 1. The van der Waals surface area contributed by atoms with E-state index in [-0.39, 0.29) is 5.41 Å². The second kappa shape index (κ2) is 5.62. The first-order valence-electron chi connectivity index (χ1n) is 8.45. The van der Waals surface area contributed by atoms with Crippen molar-refractivity contribution in [2.75, 3.05) is 7.11 Å². The Kier molecular flexibility index (Phi) is 3.53. The largest absolute Gasteiger partial charge is 0.497 e. The minimum atomic E-state index is -0.500. The molecule has 1 aliphatic rings. The molecule has 3 N–H and O–H groups in total. The zero-order valence-corrected chi connectivity index (χ0v) is 14.4. The summed E-state index contributed by atoms with van der Waals surface area (Å²) < 4.78 is 5.35. The van der Waals surface area contributed by atoms with Gasteiger partial charge in [-0.15, -0.1) is 0 Å². The number of nitrogens with one attached hydrogen (secondary N) is 1. The summed E-state index contributed by atoms with van der Waals surface area (Å²) >= 11 is 0. The fraction of sp³-hybridized carbons (Fsp3) is 0.300. The van der Waals surface area contributed by atoms with E-state index in [4.69, 9.17) is 10.5 Å². The summed E-state index contributed by atoms with van der Waals surface area (Å²) in [6.07, 6.45) is 3.02. The molecule has 0 unspecified atom stereocenters. The number of rotatable bonds is 5. The summed E-state index contributed by atoms with van der Waals surface area (Å²) in [5.41, 5.74) is 10.3. The number of benzene rings is 1. The first-order valence-corrected chi connectivity index (χ1v) is 8.45. The van der Waals surface area contributed by atoms with Crippen LogP contribution >= 0.6 is 0 Å². The number of amides is 1. The third kappa shape index (κ3) is 2.76. The molecular weight excluding hydrogens is 314 g/mol. The lowest BCUT2D eigenvalue weighted by molar-refractivity contribution is 0.0995. The van der Waals surface area contributed by atoms with Crippen LogP contribution < -0.4 is 10.5 Å². The van der Waals surface area contributed by atoms with Crippen molar-refractivity contribution in [2.45, 2.75) is 31.6 Å². The van der Waals surface area contributed by atoms with Gasteiger partial charge in [0, 0.05) is 40.2 Å². The molecule has 4 rings (SSSR count). The van der Waals surface area contributed by atoms with Gasteiger partial charge in [0.15, 0.2) is 0 Å². The molecule has 1 aromatic carbocycles. The molecule has 0 atom stereocenters. The Bertz CT molecular complexity index is 970. The number of carbonyl (C=O) groups is 1.